The van der Waals surface area contributed by atoms with Crippen molar-refractivity contribution in [3.8, 4) is 0 Å². The van der Waals surface area contributed by atoms with E-state index in [1.807, 2.05) is 0 Å². The number of allylic oxidation sites excluding steroid dienone is 4. The zero-order valence-corrected chi connectivity index (χ0v) is 12.2. The van der Waals surface area contributed by atoms with Gasteiger partial charge in [0.25, 0.3) is 0 Å². The SMILES string of the molecule is CC(C)=CCC/C(C)=C/CC(C)c1ccccc1. The Labute approximate surface area is 112 Å². The highest BCUT2D eigenvalue weighted by Gasteiger charge is 2.02. The molecule has 1 aromatic rings. The van der Waals surface area contributed by atoms with Crippen LogP contribution >= 0.6 is 0 Å². The summed E-state index contributed by atoms with van der Waals surface area (Å²) in [6.07, 6.45) is 8.22. The predicted molar refractivity (Wildman–Crippen MR) is 81.9 cm³/mol. The fourth-order valence-corrected chi connectivity index (χ4v) is 1.99. The molecule has 1 rings (SSSR count). The Balaban J connectivity index is 2.41. The largest absolute Gasteiger partial charge is 0.0856 e. The van der Waals surface area contributed by atoms with Gasteiger partial charge in [-0.15, -0.1) is 0 Å². The van der Waals surface area contributed by atoms with Crippen LogP contribution < -0.4 is 0 Å². The summed E-state index contributed by atoms with van der Waals surface area (Å²) >= 11 is 0. The lowest BCUT2D eigenvalue weighted by Gasteiger charge is -2.09. The van der Waals surface area contributed by atoms with Crippen LogP contribution in [0.5, 0.6) is 0 Å². The van der Waals surface area contributed by atoms with Gasteiger partial charge in [0, 0.05) is 0 Å². The highest BCUT2D eigenvalue weighted by atomic mass is 14.1. The van der Waals surface area contributed by atoms with Crippen molar-refractivity contribution < 1.29 is 0 Å². The maximum Gasteiger partial charge on any atom is -0.0156 e. The smallest absolute Gasteiger partial charge is 0.0156 e. The summed E-state index contributed by atoms with van der Waals surface area (Å²) in [5.41, 5.74) is 4.36. The van der Waals surface area contributed by atoms with E-state index in [-0.39, 0.29) is 0 Å². The van der Waals surface area contributed by atoms with Gasteiger partial charge in [-0.05, 0) is 51.5 Å². The molecule has 0 bridgehead atoms. The number of rotatable bonds is 6. The van der Waals surface area contributed by atoms with Crippen molar-refractivity contribution in [2.24, 2.45) is 0 Å². The predicted octanol–water partition coefficient (Wildman–Crippen LogP) is 5.87. The molecule has 0 aliphatic rings. The first kappa shape index (κ1) is 14.8. The average molecular weight is 242 g/mol. The molecule has 1 aromatic carbocycles. The first-order valence-electron chi connectivity index (χ1n) is 6.93. The maximum atomic E-state index is 2.40. The molecule has 0 nitrogen and oxygen atoms in total. The van der Waals surface area contributed by atoms with Crippen molar-refractivity contribution in [1.29, 1.82) is 0 Å². The van der Waals surface area contributed by atoms with Gasteiger partial charge in [0.1, 0.15) is 0 Å². The van der Waals surface area contributed by atoms with Crippen molar-refractivity contribution in [2.45, 2.75) is 52.9 Å². The third kappa shape index (κ3) is 5.86. The van der Waals surface area contributed by atoms with E-state index in [2.05, 4.69) is 70.2 Å². The second-order valence-electron chi connectivity index (χ2n) is 5.42. The average Bonchev–Trinajstić information content (AvgIpc) is 2.36. The van der Waals surface area contributed by atoms with Crippen molar-refractivity contribution in [3.05, 3.63) is 59.2 Å². The van der Waals surface area contributed by atoms with E-state index in [0.29, 0.717) is 5.92 Å². The highest BCUT2D eigenvalue weighted by molar-refractivity contribution is 5.20. The molecule has 0 radical (unpaired) electrons. The summed E-state index contributed by atoms with van der Waals surface area (Å²) in [6, 6.07) is 10.8. The Morgan fingerprint density at radius 1 is 1.06 bits per heavy atom. The Morgan fingerprint density at radius 3 is 2.33 bits per heavy atom. The Bertz CT molecular complexity index is 391. The lowest BCUT2D eigenvalue weighted by molar-refractivity contribution is 0.771. The fourth-order valence-electron chi connectivity index (χ4n) is 1.99. The molecule has 0 fully saturated rings. The molecule has 0 N–H and O–H groups in total. The molecule has 0 heteroatoms. The summed E-state index contributed by atoms with van der Waals surface area (Å²) in [6.45, 7) is 8.87. The van der Waals surface area contributed by atoms with E-state index in [1.54, 1.807) is 0 Å². The molecule has 98 valence electrons. The third-order valence-electron chi connectivity index (χ3n) is 3.28. The van der Waals surface area contributed by atoms with Crippen molar-refractivity contribution in [1.82, 2.24) is 0 Å². The lowest BCUT2D eigenvalue weighted by atomic mass is 9.96. The summed E-state index contributed by atoms with van der Waals surface area (Å²) in [5, 5.41) is 0. The molecule has 0 spiro atoms. The van der Waals surface area contributed by atoms with Crippen LogP contribution in [0.4, 0.5) is 0 Å². The number of hydrogen-bond donors (Lipinski definition) is 0. The van der Waals surface area contributed by atoms with Gasteiger partial charge in [0.15, 0.2) is 0 Å². The van der Waals surface area contributed by atoms with E-state index < -0.39 is 0 Å². The molecule has 0 saturated carbocycles. The minimum Gasteiger partial charge on any atom is -0.0856 e. The van der Waals surface area contributed by atoms with Crippen molar-refractivity contribution in [3.63, 3.8) is 0 Å². The van der Waals surface area contributed by atoms with Gasteiger partial charge in [0.05, 0.1) is 0 Å². The highest BCUT2D eigenvalue weighted by Crippen LogP contribution is 2.20. The summed E-state index contributed by atoms with van der Waals surface area (Å²) < 4.78 is 0. The van der Waals surface area contributed by atoms with Crippen molar-refractivity contribution in [2.75, 3.05) is 0 Å². The minimum atomic E-state index is 0.615. The quantitative estimate of drug-likeness (QED) is 0.547. The number of benzene rings is 1. The van der Waals surface area contributed by atoms with E-state index in [4.69, 9.17) is 0 Å². The second kappa shape index (κ2) is 7.92. The molecule has 1 unspecified atom stereocenters. The molecular formula is C18H26. The Morgan fingerprint density at radius 2 is 1.72 bits per heavy atom. The summed E-state index contributed by atoms with van der Waals surface area (Å²) in [7, 11) is 0. The normalized spacial score (nSPS) is 13.2. The zero-order chi connectivity index (χ0) is 13.4. The van der Waals surface area contributed by atoms with Crippen LogP contribution in [-0.4, -0.2) is 0 Å². The zero-order valence-electron chi connectivity index (χ0n) is 12.2. The topological polar surface area (TPSA) is 0 Å². The van der Waals surface area contributed by atoms with Crippen LogP contribution in [0.15, 0.2) is 53.6 Å². The van der Waals surface area contributed by atoms with E-state index in [1.165, 1.54) is 29.6 Å². The molecule has 18 heavy (non-hydrogen) atoms. The van der Waals surface area contributed by atoms with Crippen LogP contribution in [0.1, 0.15) is 58.4 Å². The van der Waals surface area contributed by atoms with E-state index in [0.717, 1.165) is 6.42 Å². The second-order valence-corrected chi connectivity index (χ2v) is 5.42. The fraction of sp³-hybridized carbons (Fsp3) is 0.444. The standard InChI is InChI=1S/C18H26/c1-15(2)9-8-10-16(3)13-14-17(4)18-11-6-5-7-12-18/h5-7,9,11-13,17H,8,10,14H2,1-4H3/b16-13+. The monoisotopic (exact) mass is 242 g/mol. The molecule has 0 aromatic heterocycles. The Kier molecular flexibility index (Phi) is 6.49. The molecular weight excluding hydrogens is 216 g/mol. The lowest BCUT2D eigenvalue weighted by Crippen LogP contribution is -1.91. The molecule has 0 aliphatic carbocycles. The third-order valence-corrected chi connectivity index (χ3v) is 3.28. The molecule has 0 saturated heterocycles. The van der Waals surface area contributed by atoms with Gasteiger partial charge in [-0.1, -0.05) is 60.6 Å². The van der Waals surface area contributed by atoms with Gasteiger partial charge in [-0.3, -0.25) is 0 Å². The van der Waals surface area contributed by atoms with Crippen LogP contribution in [0.2, 0.25) is 0 Å². The van der Waals surface area contributed by atoms with Crippen LogP contribution in [0.3, 0.4) is 0 Å². The molecule has 0 aliphatic heterocycles. The Hall–Kier alpha value is -1.30. The van der Waals surface area contributed by atoms with Gasteiger partial charge in [0.2, 0.25) is 0 Å². The van der Waals surface area contributed by atoms with E-state index in [9.17, 15) is 0 Å². The molecule has 0 heterocycles. The van der Waals surface area contributed by atoms with Gasteiger partial charge in [-0.25, -0.2) is 0 Å². The van der Waals surface area contributed by atoms with Crippen molar-refractivity contribution >= 4 is 0 Å². The van der Waals surface area contributed by atoms with Crippen LogP contribution in [0.25, 0.3) is 0 Å². The maximum absolute atomic E-state index is 2.40. The van der Waals surface area contributed by atoms with Gasteiger partial charge >= 0.3 is 0 Å². The number of hydrogen-bond acceptors (Lipinski definition) is 0. The van der Waals surface area contributed by atoms with Gasteiger partial charge < -0.3 is 0 Å². The van der Waals surface area contributed by atoms with Gasteiger partial charge in [-0.2, -0.15) is 0 Å². The van der Waals surface area contributed by atoms with Crippen LogP contribution in [0, 0.1) is 0 Å². The molecule has 1 atom stereocenters. The summed E-state index contributed by atoms with van der Waals surface area (Å²) in [4.78, 5) is 0. The van der Waals surface area contributed by atoms with E-state index >= 15 is 0 Å². The molecule has 0 amide bonds. The van der Waals surface area contributed by atoms with Crippen LogP contribution in [-0.2, 0) is 0 Å². The minimum absolute atomic E-state index is 0.615. The summed E-state index contributed by atoms with van der Waals surface area (Å²) in [5.74, 6) is 0.615. The first-order valence-corrected chi connectivity index (χ1v) is 6.93. The first-order chi connectivity index (χ1) is 8.59.